The normalized spacial score (nSPS) is 18.1. The number of aryl methyl sites for hydroxylation is 1. The van der Waals surface area contributed by atoms with Crippen LogP contribution in [-0.4, -0.2) is 75.7 Å². The number of rotatable bonds is 7. The molecule has 8 nitrogen and oxygen atoms in total. The van der Waals surface area contributed by atoms with Crippen molar-refractivity contribution in [3.63, 3.8) is 0 Å². The molecule has 34 heavy (non-hydrogen) atoms. The van der Waals surface area contributed by atoms with Crippen LogP contribution in [0.25, 0.3) is 0 Å². The Hall–Kier alpha value is -3.52. The van der Waals surface area contributed by atoms with Gasteiger partial charge in [-0.25, -0.2) is 4.79 Å². The minimum atomic E-state index is -1.38. The van der Waals surface area contributed by atoms with E-state index in [-0.39, 0.29) is 35.9 Å². The van der Waals surface area contributed by atoms with E-state index in [2.05, 4.69) is 43.0 Å². The van der Waals surface area contributed by atoms with Crippen molar-refractivity contribution in [3.05, 3.63) is 70.8 Å². The Kier molecular flexibility index (Phi) is 6.79. The Morgan fingerprint density at radius 2 is 1.47 bits per heavy atom. The van der Waals surface area contributed by atoms with Crippen LogP contribution in [0.3, 0.4) is 0 Å². The van der Waals surface area contributed by atoms with E-state index in [1.165, 1.54) is 23.3 Å². The van der Waals surface area contributed by atoms with Crippen molar-refractivity contribution in [1.29, 1.82) is 0 Å². The molecule has 2 aliphatic heterocycles. The Bertz CT molecular complexity index is 1070. The Labute approximate surface area is 198 Å². The second-order valence-corrected chi connectivity index (χ2v) is 8.92. The first-order valence-corrected chi connectivity index (χ1v) is 11.6. The summed E-state index contributed by atoms with van der Waals surface area (Å²) >= 11 is 0. The van der Waals surface area contributed by atoms with Crippen molar-refractivity contribution in [2.75, 3.05) is 26.2 Å². The van der Waals surface area contributed by atoms with Gasteiger partial charge in [0.1, 0.15) is 6.04 Å². The van der Waals surface area contributed by atoms with E-state index in [1.807, 2.05) is 0 Å². The number of hydrogen-bond donors (Lipinski definition) is 1. The van der Waals surface area contributed by atoms with E-state index < -0.39 is 23.8 Å². The van der Waals surface area contributed by atoms with E-state index in [4.69, 9.17) is 0 Å². The van der Waals surface area contributed by atoms with E-state index in [9.17, 15) is 24.3 Å². The molecule has 8 heteroatoms. The number of carboxylic acid groups (broad SMARTS) is 1. The highest BCUT2D eigenvalue weighted by molar-refractivity contribution is 6.22. The van der Waals surface area contributed by atoms with Gasteiger partial charge in [0.15, 0.2) is 0 Å². The van der Waals surface area contributed by atoms with Gasteiger partial charge in [-0.05, 0) is 38.0 Å². The lowest BCUT2D eigenvalue weighted by Crippen LogP contribution is -2.50. The molecular formula is C26H29N3O5. The largest absolute Gasteiger partial charge is 0.480 e. The van der Waals surface area contributed by atoms with Crippen LogP contribution in [0.1, 0.15) is 57.7 Å². The second kappa shape index (κ2) is 9.77. The first-order valence-electron chi connectivity index (χ1n) is 11.6. The molecule has 1 fully saturated rings. The third kappa shape index (κ3) is 4.59. The Morgan fingerprint density at radius 3 is 2.00 bits per heavy atom. The van der Waals surface area contributed by atoms with Gasteiger partial charge < -0.3 is 10.0 Å². The molecule has 0 saturated carbocycles. The number of benzene rings is 2. The van der Waals surface area contributed by atoms with Crippen LogP contribution < -0.4 is 0 Å². The fourth-order valence-electron chi connectivity index (χ4n) is 4.69. The summed E-state index contributed by atoms with van der Waals surface area (Å²) in [6.07, 6.45) is -0.155. The molecule has 1 N–H and O–H groups in total. The van der Waals surface area contributed by atoms with Gasteiger partial charge in [0.25, 0.3) is 11.8 Å². The third-order valence-corrected chi connectivity index (χ3v) is 6.83. The summed E-state index contributed by atoms with van der Waals surface area (Å²) in [6, 6.07) is 13.6. The molecule has 2 aliphatic rings. The molecule has 4 rings (SSSR count). The highest BCUT2D eigenvalue weighted by Gasteiger charge is 2.42. The van der Waals surface area contributed by atoms with E-state index in [0.29, 0.717) is 13.1 Å². The van der Waals surface area contributed by atoms with Crippen molar-refractivity contribution in [3.8, 4) is 0 Å². The number of carboxylic acids is 1. The molecule has 0 spiro atoms. The van der Waals surface area contributed by atoms with Crippen LogP contribution in [0.2, 0.25) is 0 Å². The predicted octanol–water partition coefficient (Wildman–Crippen LogP) is 2.73. The van der Waals surface area contributed by atoms with Crippen LogP contribution in [-0.2, 0) is 9.59 Å². The van der Waals surface area contributed by atoms with Crippen molar-refractivity contribution < 1.29 is 24.3 Å². The molecule has 0 radical (unpaired) electrons. The summed E-state index contributed by atoms with van der Waals surface area (Å²) in [7, 11) is 0. The standard InChI is InChI=1S/C26H29N3O5/c1-17-7-9-19(10-8-17)18(2)27-13-15-28(16-14-27)23(30)12-11-22(26(33)34)29-24(31)20-5-3-4-6-21(20)25(29)32/h3-10,18,22H,11-16H2,1-2H3,(H,33,34)/t18?,22-/m0/s1. The zero-order valence-electron chi connectivity index (χ0n) is 19.4. The summed E-state index contributed by atoms with van der Waals surface area (Å²) in [5, 5.41) is 9.71. The van der Waals surface area contributed by atoms with Crippen molar-refractivity contribution in [2.24, 2.45) is 0 Å². The zero-order valence-corrected chi connectivity index (χ0v) is 19.4. The highest BCUT2D eigenvalue weighted by Crippen LogP contribution is 2.27. The summed E-state index contributed by atoms with van der Waals surface area (Å²) in [5.41, 5.74) is 2.84. The minimum Gasteiger partial charge on any atom is -0.480 e. The summed E-state index contributed by atoms with van der Waals surface area (Å²) in [4.78, 5) is 54.9. The van der Waals surface area contributed by atoms with Crippen molar-refractivity contribution >= 4 is 23.7 Å². The summed E-state index contributed by atoms with van der Waals surface area (Å²) in [6.45, 7) is 6.77. The number of carbonyl (C=O) groups is 4. The highest BCUT2D eigenvalue weighted by atomic mass is 16.4. The van der Waals surface area contributed by atoms with Crippen LogP contribution in [0, 0.1) is 6.92 Å². The van der Waals surface area contributed by atoms with E-state index in [0.717, 1.165) is 18.0 Å². The maximum atomic E-state index is 12.8. The first kappa shape index (κ1) is 23.6. The van der Waals surface area contributed by atoms with E-state index in [1.54, 1.807) is 17.0 Å². The van der Waals surface area contributed by atoms with Crippen LogP contribution in [0.4, 0.5) is 0 Å². The monoisotopic (exact) mass is 463 g/mol. The SMILES string of the molecule is Cc1ccc(C(C)N2CCN(C(=O)CC[C@@H](C(=O)O)N3C(=O)c4ccccc4C3=O)CC2)cc1. The van der Waals surface area contributed by atoms with Crippen LogP contribution in [0.5, 0.6) is 0 Å². The topological polar surface area (TPSA) is 98.2 Å². The number of piperazine rings is 1. The van der Waals surface area contributed by atoms with Gasteiger partial charge in [0.2, 0.25) is 5.91 Å². The molecule has 3 amide bonds. The lowest BCUT2D eigenvalue weighted by Gasteiger charge is -2.38. The number of aliphatic carboxylic acids is 1. The molecule has 0 aromatic heterocycles. The zero-order chi connectivity index (χ0) is 24.4. The fourth-order valence-corrected chi connectivity index (χ4v) is 4.69. The average Bonchev–Trinajstić information content (AvgIpc) is 3.09. The lowest BCUT2D eigenvalue weighted by molar-refractivity contribution is -0.142. The quantitative estimate of drug-likeness (QED) is 0.634. The van der Waals surface area contributed by atoms with E-state index >= 15 is 0 Å². The number of carbonyl (C=O) groups excluding carboxylic acids is 3. The number of imide groups is 1. The molecule has 2 aromatic carbocycles. The van der Waals surface area contributed by atoms with Gasteiger partial charge in [0.05, 0.1) is 11.1 Å². The summed E-state index contributed by atoms with van der Waals surface area (Å²) < 4.78 is 0. The molecular weight excluding hydrogens is 434 g/mol. The summed E-state index contributed by atoms with van der Waals surface area (Å²) in [5.74, 6) is -2.71. The smallest absolute Gasteiger partial charge is 0.326 e. The van der Waals surface area contributed by atoms with Gasteiger partial charge in [0, 0.05) is 38.6 Å². The molecule has 2 aromatic rings. The number of amides is 3. The number of hydrogen-bond acceptors (Lipinski definition) is 5. The fraction of sp³-hybridized carbons (Fsp3) is 0.385. The number of fused-ring (bicyclic) bond motifs is 1. The lowest BCUT2D eigenvalue weighted by atomic mass is 10.0. The minimum absolute atomic E-state index is 0.0438. The van der Waals surface area contributed by atoms with Crippen molar-refractivity contribution in [1.82, 2.24) is 14.7 Å². The molecule has 178 valence electrons. The van der Waals surface area contributed by atoms with Gasteiger partial charge in [-0.2, -0.15) is 0 Å². The third-order valence-electron chi connectivity index (χ3n) is 6.83. The van der Waals surface area contributed by atoms with Crippen molar-refractivity contribution in [2.45, 2.75) is 38.8 Å². The average molecular weight is 464 g/mol. The first-order chi connectivity index (χ1) is 16.3. The Morgan fingerprint density at radius 1 is 0.912 bits per heavy atom. The van der Waals surface area contributed by atoms with Gasteiger partial charge >= 0.3 is 5.97 Å². The molecule has 2 heterocycles. The van der Waals surface area contributed by atoms with Gasteiger partial charge in [-0.3, -0.25) is 24.2 Å². The van der Waals surface area contributed by atoms with Gasteiger partial charge in [-0.15, -0.1) is 0 Å². The molecule has 0 aliphatic carbocycles. The maximum absolute atomic E-state index is 12.8. The maximum Gasteiger partial charge on any atom is 0.326 e. The molecule has 1 saturated heterocycles. The Balaban J connectivity index is 1.33. The molecule has 1 unspecified atom stereocenters. The van der Waals surface area contributed by atoms with Crippen LogP contribution in [0.15, 0.2) is 48.5 Å². The second-order valence-electron chi connectivity index (χ2n) is 8.92. The number of nitrogens with zero attached hydrogens (tertiary/aromatic N) is 3. The predicted molar refractivity (Wildman–Crippen MR) is 125 cm³/mol. The molecule has 2 atom stereocenters. The molecule has 0 bridgehead atoms. The van der Waals surface area contributed by atoms with Crippen LogP contribution >= 0.6 is 0 Å². The van der Waals surface area contributed by atoms with Gasteiger partial charge in [-0.1, -0.05) is 42.0 Å².